The van der Waals surface area contributed by atoms with E-state index in [1.807, 2.05) is 25.1 Å². The maximum atomic E-state index is 12.4. The number of imide groups is 1. The van der Waals surface area contributed by atoms with Crippen molar-refractivity contribution >= 4 is 12.2 Å². The Balaban J connectivity index is 2.14. The number of alkyl carbamates (subject to hydrolysis) is 1. The maximum Gasteiger partial charge on any atom is 0.422 e. The average molecular weight is 532 g/mol. The van der Waals surface area contributed by atoms with E-state index in [1.165, 1.54) is 83.5 Å². The predicted molar refractivity (Wildman–Crippen MR) is 159 cm³/mol. The summed E-state index contributed by atoms with van der Waals surface area (Å²) < 4.78 is 11.0. The molecule has 5 heteroatoms. The first-order valence-corrected chi connectivity index (χ1v) is 15.6. The molecular formula is C33H57NO4. The Kier molecular flexibility index (Phi) is 18.7. The molecule has 0 aromatic heterocycles. The summed E-state index contributed by atoms with van der Waals surface area (Å²) in [6, 6.07) is 5.89. The van der Waals surface area contributed by atoms with Gasteiger partial charge in [0.2, 0.25) is 0 Å². The summed E-state index contributed by atoms with van der Waals surface area (Å²) in [5.41, 5.74) is 1.89. The summed E-state index contributed by atoms with van der Waals surface area (Å²) in [6.45, 7) is 12.4. The predicted octanol–water partition coefficient (Wildman–Crippen LogP) is 10.8. The molecule has 1 rings (SSSR count). The van der Waals surface area contributed by atoms with Crippen LogP contribution in [-0.4, -0.2) is 18.3 Å². The van der Waals surface area contributed by atoms with Gasteiger partial charge in [-0.15, -0.1) is 0 Å². The van der Waals surface area contributed by atoms with Crippen LogP contribution in [0.1, 0.15) is 167 Å². The van der Waals surface area contributed by atoms with E-state index >= 15 is 0 Å². The molecule has 0 saturated carbocycles. The molecular weight excluding hydrogens is 474 g/mol. The second-order valence-electron chi connectivity index (χ2n) is 11.5. The molecule has 0 fully saturated rings. The minimum atomic E-state index is -0.802. The number of hydrogen-bond donors (Lipinski definition) is 1. The van der Waals surface area contributed by atoms with Gasteiger partial charge in [-0.05, 0) is 42.7 Å². The Labute approximate surface area is 233 Å². The number of carbonyl (C=O) groups is 2. The number of benzene rings is 1. The average Bonchev–Trinajstić information content (AvgIpc) is 2.85. The summed E-state index contributed by atoms with van der Waals surface area (Å²) in [5.74, 6) is 0.922. The SMILES string of the molecule is CCCCCCCCCCCCCCCCCC(C)OC(=O)NC(=O)Oc1c(C(C)C)cccc1C(C)C. The van der Waals surface area contributed by atoms with Crippen molar-refractivity contribution < 1.29 is 19.1 Å². The summed E-state index contributed by atoms with van der Waals surface area (Å²) in [5, 5.41) is 2.22. The lowest BCUT2D eigenvalue weighted by Crippen LogP contribution is -2.35. The van der Waals surface area contributed by atoms with Crippen LogP contribution >= 0.6 is 0 Å². The van der Waals surface area contributed by atoms with Gasteiger partial charge in [0, 0.05) is 0 Å². The van der Waals surface area contributed by atoms with E-state index in [1.54, 1.807) is 0 Å². The number of nitrogens with one attached hydrogen (secondary N) is 1. The molecule has 1 aromatic rings. The molecule has 0 radical (unpaired) electrons. The van der Waals surface area contributed by atoms with E-state index in [4.69, 9.17) is 9.47 Å². The van der Waals surface area contributed by atoms with Gasteiger partial charge in [0.05, 0.1) is 0 Å². The highest BCUT2D eigenvalue weighted by atomic mass is 16.6. The number of hydrogen-bond acceptors (Lipinski definition) is 4. The third-order valence-corrected chi connectivity index (χ3v) is 7.24. The van der Waals surface area contributed by atoms with Crippen LogP contribution in [0.25, 0.3) is 0 Å². The van der Waals surface area contributed by atoms with Crippen molar-refractivity contribution in [2.45, 2.75) is 162 Å². The smallest absolute Gasteiger partial charge is 0.422 e. The van der Waals surface area contributed by atoms with Crippen molar-refractivity contribution in [3.63, 3.8) is 0 Å². The zero-order chi connectivity index (χ0) is 28.2. The molecule has 0 saturated heterocycles. The molecule has 218 valence electrons. The van der Waals surface area contributed by atoms with Crippen LogP contribution in [0.5, 0.6) is 5.75 Å². The standard InChI is InChI=1S/C33H57NO4/c1-7-8-9-10-11-12-13-14-15-16-17-18-19-20-21-23-28(6)37-32(35)34-33(36)38-31-29(26(2)3)24-22-25-30(31)27(4)5/h22,24-28H,7-21,23H2,1-6H3,(H,34,35,36). The van der Waals surface area contributed by atoms with Crippen molar-refractivity contribution in [3.05, 3.63) is 29.3 Å². The van der Waals surface area contributed by atoms with Gasteiger partial charge >= 0.3 is 12.2 Å². The van der Waals surface area contributed by atoms with Crippen molar-refractivity contribution in [3.8, 4) is 5.75 Å². The first kappa shape index (κ1) is 34.0. The number of para-hydroxylation sites is 1. The zero-order valence-electron chi connectivity index (χ0n) is 25.4. The van der Waals surface area contributed by atoms with Crippen LogP contribution in [0.2, 0.25) is 0 Å². The molecule has 1 atom stereocenters. The lowest BCUT2D eigenvalue weighted by atomic mass is 9.94. The minimum Gasteiger partial charge on any atom is -0.446 e. The summed E-state index contributed by atoms with van der Waals surface area (Å²) >= 11 is 0. The number of rotatable bonds is 20. The molecule has 0 heterocycles. The van der Waals surface area contributed by atoms with Gasteiger partial charge in [-0.25, -0.2) is 14.9 Å². The van der Waals surface area contributed by atoms with Crippen LogP contribution in [0.15, 0.2) is 18.2 Å². The normalized spacial score (nSPS) is 12.1. The lowest BCUT2D eigenvalue weighted by Gasteiger charge is -2.19. The van der Waals surface area contributed by atoms with Gasteiger partial charge in [0.1, 0.15) is 11.9 Å². The van der Waals surface area contributed by atoms with Crippen LogP contribution < -0.4 is 10.1 Å². The first-order valence-electron chi connectivity index (χ1n) is 15.6. The maximum absolute atomic E-state index is 12.4. The van der Waals surface area contributed by atoms with Gasteiger partial charge < -0.3 is 9.47 Å². The molecule has 0 aliphatic carbocycles. The fraction of sp³-hybridized carbons (Fsp3) is 0.758. The third-order valence-electron chi connectivity index (χ3n) is 7.24. The van der Waals surface area contributed by atoms with Gasteiger partial charge in [0.25, 0.3) is 0 Å². The van der Waals surface area contributed by atoms with Crippen molar-refractivity contribution in [1.82, 2.24) is 5.32 Å². The molecule has 38 heavy (non-hydrogen) atoms. The molecule has 1 unspecified atom stereocenters. The summed E-state index contributed by atoms with van der Waals surface area (Å²) in [7, 11) is 0. The molecule has 5 nitrogen and oxygen atoms in total. The summed E-state index contributed by atoms with van der Waals surface area (Å²) in [4.78, 5) is 24.6. The number of carbonyl (C=O) groups excluding carboxylic acids is 2. The molecule has 0 aliphatic heterocycles. The zero-order valence-corrected chi connectivity index (χ0v) is 25.4. The Morgan fingerprint density at radius 1 is 0.658 bits per heavy atom. The highest BCUT2D eigenvalue weighted by Gasteiger charge is 2.20. The molecule has 0 aliphatic rings. The molecule has 0 spiro atoms. The Morgan fingerprint density at radius 2 is 1.08 bits per heavy atom. The van der Waals surface area contributed by atoms with E-state index in [9.17, 15) is 9.59 Å². The number of ether oxygens (including phenoxy) is 2. The topological polar surface area (TPSA) is 64.6 Å². The monoisotopic (exact) mass is 531 g/mol. The lowest BCUT2D eigenvalue weighted by molar-refractivity contribution is 0.0997. The molecule has 2 amide bonds. The quantitative estimate of drug-likeness (QED) is 0.170. The number of amides is 2. The third kappa shape index (κ3) is 15.4. The van der Waals surface area contributed by atoms with E-state index in [2.05, 4.69) is 39.9 Å². The van der Waals surface area contributed by atoms with E-state index in [-0.39, 0.29) is 17.9 Å². The van der Waals surface area contributed by atoms with Crippen molar-refractivity contribution in [2.24, 2.45) is 0 Å². The van der Waals surface area contributed by atoms with E-state index < -0.39 is 12.2 Å². The van der Waals surface area contributed by atoms with E-state index in [0.29, 0.717) is 5.75 Å². The van der Waals surface area contributed by atoms with Gasteiger partial charge in [-0.2, -0.15) is 0 Å². The van der Waals surface area contributed by atoms with Crippen LogP contribution in [-0.2, 0) is 4.74 Å². The van der Waals surface area contributed by atoms with Crippen LogP contribution in [0.4, 0.5) is 9.59 Å². The van der Waals surface area contributed by atoms with Gasteiger partial charge in [-0.1, -0.05) is 143 Å². The summed E-state index contributed by atoms with van der Waals surface area (Å²) in [6.07, 6.45) is 18.9. The second-order valence-corrected chi connectivity index (χ2v) is 11.5. The molecule has 1 aromatic carbocycles. The first-order chi connectivity index (χ1) is 18.3. The van der Waals surface area contributed by atoms with Gasteiger partial charge in [0.15, 0.2) is 0 Å². The fourth-order valence-electron chi connectivity index (χ4n) is 4.88. The van der Waals surface area contributed by atoms with Crippen molar-refractivity contribution in [2.75, 3.05) is 0 Å². The Hall–Kier alpha value is -2.04. The highest BCUT2D eigenvalue weighted by Crippen LogP contribution is 2.34. The minimum absolute atomic E-state index is 0.193. The fourth-order valence-corrected chi connectivity index (χ4v) is 4.88. The largest absolute Gasteiger partial charge is 0.446 e. The molecule has 1 N–H and O–H groups in total. The number of unbranched alkanes of at least 4 members (excludes halogenated alkanes) is 14. The Bertz CT molecular complexity index is 748. The van der Waals surface area contributed by atoms with Crippen LogP contribution in [0.3, 0.4) is 0 Å². The Morgan fingerprint density at radius 3 is 1.50 bits per heavy atom. The van der Waals surface area contributed by atoms with Crippen molar-refractivity contribution in [1.29, 1.82) is 0 Å². The van der Waals surface area contributed by atoms with E-state index in [0.717, 1.165) is 30.4 Å². The van der Waals surface area contributed by atoms with Crippen LogP contribution in [0, 0.1) is 0 Å². The second kappa shape index (κ2) is 20.9. The highest BCUT2D eigenvalue weighted by molar-refractivity contribution is 5.88. The molecule has 0 bridgehead atoms. The van der Waals surface area contributed by atoms with Gasteiger partial charge in [-0.3, -0.25) is 0 Å².